The van der Waals surface area contributed by atoms with Crippen molar-refractivity contribution in [2.75, 3.05) is 0 Å². The Balaban J connectivity index is 1.25. The third-order valence-corrected chi connectivity index (χ3v) is 5.39. The van der Waals surface area contributed by atoms with Gasteiger partial charge in [0.2, 0.25) is 0 Å². The van der Waals surface area contributed by atoms with Crippen LogP contribution in [0.15, 0.2) is 97.1 Å². The van der Waals surface area contributed by atoms with Crippen molar-refractivity contribution in [2.45, 2.75) is 13.5 Å². The third kappa shape index (κ3) is 4.14. The first-order chi connectivity index (χ1) is 15.7. The number of para-hydroxylation sites is 1. The summed E-state index contributed by atoms with van der Waals surface area (Å²) in [4.78, 5) is 12.6. The van der Waals surface area contributed by atoms with Gasteiger partial charge >= 0.3 is 5.97 Å². The number of benzene rings is 4. The zero-order valence-corrected chi connectivity index (χ0v) is 17.6. The van der Waals surface area contributed by atoms with E-state index in [0.717, 1.165) is 27.7 Å². The molecule has 156 valence electrons. The van der Waals surface area contributed by atoms with Gasteiger partial charge in [0.15, 0.2) is 0 Å². The Morgan fingerprint density at radius 2 is 1.47 bits per heavy atom. The van der Waals surface area contributed by atoms with E-state index < -0.39 is 0 Å². The molecule has 5 nitrogen and oxygen atoms in total. The second kappa shape index (κ2) is 8.47. The average Bonchev–Trinajstić information content (AvgIpc) is 3.23. The molecule has 0 aliphatic carbocycles. The zero-order valence-electron chi connectivity index (χ0n) is 17.6. The smallest absolute Gasteiger partial charge is 0.343 e. The molecule has 0 atom stereocenters. The average molecular weight is 419 g/mol. The first kappa shape index (κ1) is 19.7. The van der Waals surface area contributed by atoms with E-state index in [9.17, 15) is 4.79 Å². The van der Waals surface area contributed by atoms with E-state index in [-0.39, 0.29) is 5.97 Å². The lowest BCUT2D eigenvalue weighted by molar-refractivity contribution is 0.0735. The number of carbonyl (C=O) groups is 1. The van der Waals surface area contributed by atoms with Crippen LogP contribution in [-0.2, 0) is 6.54 Å². The maximum absolute atomic E-state index is 12.6. The lowest BCUT2D eigenvalue weighted by atomic mass is 10.0. The highest BCUT2D eigenvalue weighted by Crippen LogP contribution is 2.23. The first-order valence-electron chi connectivity index (χ1n) is 10.4. The Kier molecular flexibility index (Phi) is 5.22. The number of fused-ring (bicyclic) bond motifs is 1. The second-order valence-corrected chi connectivity index (χ2v) is 7.71. The number of nitrogens with zero attached hydrogens (tertiary/aromatic N) is 3. The lowest BCUT2D eigenvalue weighted by Crippen LogP contribution is -2.09. The van der Waals surface area contributed by atoms with Gasteiger partial charge in [-0.3, -0.25) is 0 Å². The minimum atomic E-state index is -0.383. The standard InChI is InChI=1S/C27H21N3O2/c1-19-6-10-21(11-7-19)22-14-16-24(17-15-22)32-27(31)23-12-8-20(9-13-23)18-30-26-5-3-2-4-25(26)28-29-30/h2-17H,18H2,1H3. The van der Waals surface area contributed by atoms with Gasteiger partial charge in [-0.1, -0.05) is 71.4 Å². The predicted molar refractivity (Wildman–Crippen MR) is 125 cm³/mol. The second-order valence-electron chi connectivity index (χ2n) is 7.71. The quantitative estimate of drug-likeness (QED) is 0.272. The van der Waals surface area contributed by atoms with Crippen LogP contribution in [0.3, 0.4) is 0 Å². The molecule has 0 saturated carbocycles. The van der Waals surface area contributed by atoms with E-state index in [1.54, 1.807) is 12.1 Å². The van der Waals surface area contributed by atoms with Crippen molar-refractivity contribution >= 4 is 17.0 Å². The molecule has 0 aliphatic rings. The maximum Gasteiger partial charge on any atom is 0.343 e. The largest absolute Gasteiger partial charge is 0.423 e. The minimum Gasteiger partial charge on any atom is -0.423 e. The number of esters is 1. The number of aryl methyl sites for hydroxylation is 1. The molecule has 0 radical (unpaired) electrons. The van der Waals surface area contributed by atoms with E-state index in [2.05, 4.69) is 41.5 Å². The maximum atomic E-state index is 12.6. The van der Waals surface area contributed by atoms with E-state index >= 15 is 0 Å². The topological polar surface area (TPSA) is 57.0 Å². The predicted octanol–water partition coefficient (Wildman–Crippen LogP) is 5.67. The Morgan fingerprint density at radius 1 is 0.812 bits per heavy atom. The van der Waals surface area contributed by atoms with E-state index in [1.807, 2.05) is 65.3 Å². The van der Waals surface area contributed by atoms with Crippen LogP contribution in [0.2, 0.25) is 0 Å². The molecule has 0 aliphatic heterocycles. The van der Waals surface area contributed by atoms with Gasteiger partial charge in [-0.2, -0.15) is 0 Å². The van der Waals surface area contributed by atoms with Gasteiger partial charge < -0.3 is 4.74 Å². The van der Waals surface area contributed by atoms with Crippen LogP contribution >= 0.6 is 0 Å². The van der Waals surface area contributed by atoms with E-state index in [0.29, 0.717) is 17.9 Å². The van der Waals surface area contributed by atoms with Crippen LogP contribution < -0.4 is 4.74 Å². The van der Waals surface area contributed by atoms with Crippen molar-refractivity contribution in [2.24, 2.45) is 0 Å². The summed E-state index contributed by atoms with van der Waals surface area (Å²) < 4.78 is 7.39. The Morgan fingerprint density at radius 3 is 2.19 bits per heavy atom. The highest BCUT2D eigenvalue weighted by molar-refractivity contribution is 5.91. The van der Waals surface area contributed by atoms with Crippen molar-refractivity contribution in [3.8, 4) is 16.9 Å². The molecule has 4 aromatic carbocycles. The summed E-state index contributed by atoms with van der Waals surface area (Å²) in [5, 5.41) is 8.39. The molecule has 5 heteroatoms. The highest BCUT2D eigenvalue weighted by atomic mass is 16.5. The van der Waals surface area contributed by atoms with E-state index in [4.69, 9.17) is 4.74 Å². The molecule has 1 heterocycles. The van der Waals surface area contributed by atoms with Gasteiger partial charge in [0, 0.05) is 0 Å². The fourth-order valence-electron chi connectivity index (χ4n) is 3.58. The number of rotatable bonds is 5. The summed E-state index contributed by atoms with van der Waals surface area (Å²) in [6.45, 7) is 2.64. The first-order valence-corrected chi connectivity index (χ1v) is 10.4. The molecular weight excluding hydrogens is 398 g/mol. The minimum absolute atomic E-state index is 0.383. The number of aromatic nitrogens is 3. The fourth-order valence-corrected chi connectivity index (χ4v) is 3.58. The van der Waals surface area contributed by atoms with Gasteiger partial charge in [-0.05, 0) is 60.0 Å². The van der Waals surface area contributed by atoms with Crippen LogP contribution in [0, 0.1) is 6.92 Å². The van der Waals surface area contributed by atoms with Crippen molar-refractivity contribution < 1.29 is 9.53 Å². The molecule has 5 aromatic rings. The van der Waals surface area contributed by atoms with Crippen LogP contribution in [0.5, 0.6) is 5.75 Å². The molecule has 0 bridgehead atoms. The summed E-state index contributed by atoms with van der Waals surface area (Å²) in [6, 6.07) is 31.1. The Labute approximate surface area is 185 Å². The van der Waals surface area contributed by atoms with Crippen LogP contribution in [0.1, 0.15) is 21.5 Å². The SMILES string of the molecule is Cc1ccc(-c2ccc(OC(=O)c3ccc(Cn4nnc5ccccc54)cc3)cc2)cc1. The van der Waals surface area contributed by atoms with Crippen molar-refractivity contribution in [3.05, 3.63) is 114 Å². The molecule has 1 aromatic heterocycles. The van der Waals surface area contributed by atoms with Crippen LogP contribution in [0.4, 0.5) is 0 Å². The summed E-state index contributed by atoms with van der Waals surface area (Å²) in [6.07, 6.45) is 0. The van der Waals surface area contributed by atoms with Gasteiger partial charge in [-0.15, -0.1) is 5.10 Å². The fraction of sp³-hybridized carbons (Fsp3) is 0.0741. The van der Waals surface area contributed by atoms with Gasteiger partial charge in [-0.25, -0.2) is 9.48 Å². The molecule has 32 heavy (non-hydrogen) atoms. The van der Waals surface area contributed by atoms with Gasteiger partial charge in [0.1, 0.15) is 11.3 Å². The molecular formula is C27H21N3O2. The zero-order chi connectivity index (χ0) is 21.9. The molecule has 0 spiro atoms. The number of carbonyl (C=O) groups excluding carboxylic acids is 1. The number of hydrogen-bond acceptors (Lipinski definition) is 4. The van der Waals surface area contributed by atoms with Crippen LogP contribution in [0.25, 0.3) is 22.2 Å². The molecule has 0 saturated heterocycles. The molecule has 5 rings (SSSR count). The van der Waals surface area contributed by atoms with E-state index in [1.165, 1.54) is 5.56 Å². The Bertz CT molecular complexity index is 1370. The van der Waals surface area contributed by atoms with Gasteiger partial charge in [0.25, 0.3) is 0 Å². The monoisotopic (exact) mass is 419 g/mol. The normalized spacial score (nSPS) is 10.9. The third-order valence-electron chi connectivity index (χ3n) is 5.39. The summed E-state index contributed by atoms with van der Waals surface area (Å²) in [5.74, 6) is 0.134. The summed E-state index contributed by atoms with van der Waals surface area (Å²) in [5.41, 5.74) is 6.80. The number of ether oxygens (including phenoxy) is 1. The summed E-state index contributed by atoms with van der Waals surface area (Å²) in [7, 11) is 0. The molecule has 0 amide bonds. The molecule has 0 N–H and O–H groups in total. The van der Waals surface area contributed by atoms with Crippen molar-refractivity contribution in [1.82, 2.24) is 15.0 Å². The van der Waals surface area contributed by atoms with Crippen molar-refractivity contribution in [3.63, 3.8) is 0 Å². The van der Waals surface area contributed by atoms with Gasteiger partial charge in [0.05, 0.1) is 17.6 Å². The highest BCUT2D eigenvalue weighted by Gasteiger charge is 2.10. The lowest BCUT2D eigenvalue weighted by Gasteiger charge is -2.07. The number of hydrogen-bond donors (Lipinski definition) is 0. The molecule has 0 unspecified atom stereocenters. The van der Waals surface area contributed by atoms with Crippen LogP contribution in [-0.4, -0.2) is 21.0 Å². The summed E-state index contributed by atoms with van der Waals surface area (Å²) >= 11 is 0. The van der Waals surface area contributed by atoms with Crippen molar-refractivity contribution in [1.29, 1.82) is 0 Å². The molecule has 0 fully saturated rings. The Hall–Kier alpha value is -4.25.